The Labute approximate surface area is 221 Å². The first-order chi connectivity index (χ1) is 18.6. The smallest absolute Gasteiger partial charge is 0.410 e. The topological polar surface area (TPSA) is 88.9 Å². The summed E-state index contributed by atoms with van der Waals surface area (Å²) in [5.74, 6) is -0.0350. The van der Waals surface area contributed by atoms with E-state index in [0.717, 1.165) is 0 Å². The van der Waals surface area contributed by atoms with E-state index < -0.39 is 0 Å². The number of hydrogen-bond donors (Lipinski definition) is 0. The molecule has 0 radical (unpaired) electrons. The van der Waals surface area contributed by atoms with Crippen molar-refractivity contribution >= 4 is 11.9 Å². The molecule has 3 aromatic carbocycles. The highest BCUT2D eigenvalue weighted by Gasteiger charge is 2.45. The average Bonchev–Trinajstić information content (AvgIpc) is 3.27. The number of rotatable bonds is 5. The fourth-order valence-corrected chi connectivity index (χ4v) is 6.34. The van der Waals surface area contributed by atoms with Gasteiger partial charge in [0.15, 0.2) is 5.78 Å². The number of benzene rings is 3. The fraction of sp³-hybridized carbons (Fsp3) is 0.323. The molecule has 2 atom stereocenters. The number of nitriles is 1. The van der Waals surface area contributed by atoms with E-state index in [9.17, 15) is 14.9 Å². The van der Waals surface area contributed by atoms with Gasteiger partial charge in [-0.25, -0.2) is 4.79 Å². The summed E-state index contributed by atoms with van der Waals surface area (Å²) < 4.78 is 17.0. The third-order valence-electron chi connectivity index (χ3n) is 8.06. The summed E-state index contributed by atoms with van der Waals surface area (Å²) in [4.78, 5) is 28.7. The fourth-order valence-electron chi connectivity index (χ4n) is 6.34. The first-order valence-electron chi connectivity index (χ1n) is 12.9. The first kappa shape index (κ1) is 24.2. The molecule has 7 heteroatoms. The van der Waals surface area contributed by atoms with E-state index in [-0.39, 0.29) is 48.0 Å². The van der Waals surface area contributed by atoms with Crippen molar-refractivity contribution in [3.05, 3.63) is 89.0 Å². The van der Waals surface area contributed by atoms with Crippen LogP contribution in [-0.4, -0.2) is 55.8 Å². The van der Waals surface area contributed by atoms with Crippen molar-refractivity contribution in [3.63, 3.8) is 0 Å². The molecule has 6 rings (SSSR count). The summed E-state index contributed by atoms with van der Waals surface area (Å²) in [6.07, 6.45) is 0.554. The second kappa shape index (κ2) is 9.96. The minimum atomic E-state index is -0.366. The highest BCUT2D eigenvalue weighted by atomic mass is 16.6. The van der Waals surface area contributed by atoms with Gasteiger partial charge >= 0.3 is 6.09 Å². The molecule has 0 saturated carbocycles. The Kier molecular flexibility index (Phi) is 6.34. The van der Waals surface area contributed by atoms with Crippen LogP contribution in [0.4, 0.5) is 4.79 Å². The molecule has 192 valence electrons. The molecule has 3 aromatic rings. The van der Waals surface area contributed by atoms with Crippen molar-refractivity contribution in [1.29, 1.82) is 5.26 Å². The molecule has 2 heterocycles. The van der Waals surface area contributed by atoms with Crippen molar-refractivity contribution in [2.24, 2.45) is 5.92 Å². The zero-order valence-electron chi connectivity index (χ0n) is 21.1. The van der Waals surface area contributed by atoms with Crippen molar-refractivity contribution in [3.8, 4) is 22.9 Å². The van der Waals surface area contributed by atoms with E-state index in [1.54, 1.807) is 23.1 Å². The van der Waals surface area contributed by atoms with Crippen LogP contribution in [0.3, 0.4) is 0 Å². The van der Waals surface area contributed by atoms with Crippen LogP contribution in [0.2, 0.25) is 0 Å². The Bertz CT molecular complexity index is 1380. The van der Waals surface area contributed by atoms with Gasteiger partial charge in [0, 0.05) is 17.4 Å². The summed E-state index contributed by atoms with van der Waals surface area (Å²) >= 11 is 0. The molecule has 2 aliphatic heterocycles. The highest BCUT2D eigenvalue weighted by molar-refractivity contribution is 6.01. The molecule has 0 aromatic heterocycles. The summed E-state index contributed by atoms with van der Waals surface area (Å²) in [6.45, 7) is 0.961. The molecule has 0 spiro atoms. The summed E-state index contributed by atoms with van der Waals surface area (Å²) in [7, 11) is 1.49. The number of ether oxygens (including phenoxy) is 3. The largest absolute Gasteiger partial charge is 0.495 e. The maximum absolute atomic E-state index is 13.5. The van der Waals surface area contributed by atoms with E-state index in [4.69, 9.17) is 14.2 Å². The Morgan fingerprint density at radius 1 is 0.947 bits per heavy atom. The maximum atomic E-state index is 13.5. The Morgan fingerprint density at radius 3 is 2.18 bits per heavy atom. The predicted octanol–water partition coefficient (Wildman–Crippen LogP) is 5.18. The number of amides is 1. The second-order valence-electron chi connectivity index (χ2n) is 10.1. The Balaban J connectivity index is 1.18. The number of ketones is 1. The van der Waals surface area contributed by atoms with Crippen molar-refractivity contribution in [2.45, 2.75) is 30.8 Å². The van der Waals surface area contributed by atoms with Gasteiger partial charge in [0.1, 0.15) is 24.0 Å². The minimum Gasteiger partial charge on any atom is -0.495 e. The number of carbonyl (C=O) groups is 2. The van der Waals surface area contributed by atoms with Crippen molar-refractivity contribution in [1.82, 2.24) is 4.90 Å². The molecule has 2 fully saturated rings. The summed E-state index contributed by atoms with van der Waals surface area (Å²) in [5.41, 5.74) is 5.32. The van der Waals surface area contributed by atoms with Crippen molar-refractivity contribution < 1.29 is 23.8 Å². The zero-order valence-corrected chi connectivity index (χ0v) is 21.1. The van der Waals surface area contributed by atoms with E-state index in [1.165, 1.54) is 29.4 Å². The van der Waals surface area contributed by atoms with Gasteiger partial charge in [0.25, 0.3) is 0 Å². The number of carbonyl (C=O) groups excluding carboxylic acids is 2. The number of hydrogen-bond acceptors (Lipinski definition) is 6. The van der Waals surface area contributed by atoms with Gasteiger partial charge in [-0.3, -0.25) is 9.69 Å². The first-order valence-corrected chi connectivity index (χ1v) is 12.9. The van der Waals surface area contributed by atoms with Crippen LogP contribution in [0, 0.1) is 17.2 Å². The van der Waals surface area contributed by atoms with E-state index >= 15 is 0 Å². The van der Waals surface area contributed by atoms with Crippen LogP contribution in [0.1, 0.15) is 45.8 Å². The SMILES string of the molecule is COc1cccc(C(=O)C2CC3COCC(C2)N3C(=O)OCC2c3ccccc3-c3ccccc32)c1C#N. The molecule has 2 saturated heterocycles. The van der Waals surface area contributed by atoms with Crippen LogP contribution in [-0.2, 0) is 9.47 Å². The molecule has 1 amide bonds. The predicted molar refractivity (Wildman–Crippen MR) is 140 cm³/mol. The lowest BCUT2D eigenvalue weighted by molar-refractivity contribution is -0.0747. The molecule has 3 aliphatic rings. The van der Waals surface area contributed by atoms with Gasteiger partial charge in [0.2, 0.25) is 0 Å². The van der Waals surface area contributed by atoms with Gasteiger partial charge in [-0.15, -0.1) is 0 Å². The lowest BCUT2D eigenvalue weighted by Gasteiger charge is -2.47. The monoisotopic (exact) mass is 508 g/mol. The van der Waals surface area contributed by atoms with Crippen LogP contribution in [0.15, 0.2) is 66.7 Å². The van der Waals surface area contributed by atoms with Crippen LogP contribution < -0.4 is 4.74 Å². The number of morpholine rings is 1. The maximum Gasteiger partial charge on any atom is 0.410 e. The number of Topliss-reactive ketones (excluding diaryl/α,β-unsaturated/α-hetero) is 1. The van der Waals surface area contributed by atoms with Crippen molar-refractivity contribution in [2.75, 3.05) is 26.9 Å². The Morgan fingerprint density at radius 2 is 1.58 bits per heavy atom. The van der Waals surface area contributed by atoms with E-state index in [2.05, 4.69) is 30.3 Å². The third kappa shape index (κ3) is 4.02. The number of methoxy groups -OCH3 is 1. The molecule has 0 N–H and O–H groups in total. The molecular weight excluding hydrogens is 480 g/mol. The number of nitrogens with zero attached hydrogens (tertiary/aromatic N) is 2. The minimum absolute atomic E-state index is 0.0148. The van der Waals surface area contributed by atoms with Crippen LogP contribution in [0.5, 0.6) is 5.75 Å². The molecule has 2 unspecified atom stereocenters. The quantitative estimate of drug-likeness (QED) is 0.442. The van der Waals surface area contributed by atoms with Gasteiger partial charge in [-0.05, 0) is 47.2 Å². The van der Waals surface area contributed by atoms with Crippen LogP contribution in [0.25, 0.3) is 11.1 Å². The lowest BCUT2D eigenvalue weighted by atomic mass is 9.80. The Hall–Kier alpha value is -4.15. The molecule has 38 heavy (non-hydrogen) atoms. The highest BCUT2D eigenvalue weighted by Crippen LogP contribution is 2.45. The molecule has 7 nitrogen and oxygen atoms in total. The molecule has 2 bridgehead atoms. The number of piperidine rings is 1. The van der Waals surface area contributed by atoms with Gasteiger partial charge in [-0.1, -0.05) is 54.6 Å². The van der Waals surface area contributed by atoms with Gasteiger partial charge in [-0.2, -0.15) is 5.26 Å². The summed E-state index contributed by atoms with van der Waals surface area (Å²) in [6, 6.07) is 23.2. The second-order valence-corrected chi connectivity index (χ2v) is 10.1. The normalized spacial score (nSPS) is 21.7. The average molecular weight is 509 g/mol. The molecular formula is C31H28N2O5. The number of fused-ring (bicyclic) bond motifs is 5. The van der Waals surface area contributed by atoms with Crippen LogP contribution >= 0.6 is 0 Å². The lowest BCUT2D eigenvalue weighted by Crippen LogP contribution is -2.60. The molecule has 1 aliphatic carbocycles. The third-order valence-corrected chi connectivity index (χ3v) is 8.06. The zero-order chi connectivity index (χ0) is 26.2. The van der Waals surface area contributed by atoms with Gasteiger partial charge < -0.3 is 14.2 Å². The standard InChI is InChI=1S/C31H28N2O5/c1-36-29-12-6-11-26(27(29)15-32)30(34)19-13-20-16-37-17-21(14-19)33(20)31(35)38-18-28-24-9-4-2-7-22(24)23-8-3-5-10-25(23)28/h2-12,19-21,28H,13-14,16-18H2,1H3. The van der Waals surface area contributed by atoms with Gasteiger partial charge in [0.05, 0.1) is 32.4 Å². The van der Waals surface area contributed by atoms with E-state index in [1.807, 2.05) is 24.3 Å². The summed E-state index contributed by atoms with van der Waals surface area (Å²) in [5, 5.41) is 9.65. The van der Waals surface area contributed by atoms with E-state index in [0.29, 0.717) is 37.4 Å².